The van der Waals surface area contributed by atoms with E-state index in [4.69, 9.17) is 4.74 Å². The van der Waals surface area contributed by atoms with Crippen LogP contribution in [0.2, 0.25) is 0 Å². The lowest BCUT2D eigenvalue weighted by Gasteiger charge is -2.18. The molecule has 1 unspecified atom stereocenters. The predicted molar refractivity (Wildman–Crippen MR) is 66.0 cm³/mol. The van der Waals surface area contributed by atoms with Gasteiger partial charge in [0, 0.05) is 11.7 Å². The van der Waals surface area contributed by atoms with Gasteiger partial charge in [0.1, 0.15) is 0 Å². The van der Waals surface area contributed by atoms with E-state index in [2.05, 4.69) is 17.2 Å². The van der Waals surface area contributed by atoms with Gasteiger partial charge in [-0.1, -0.05) is 6.92 Å². The van der Waals surface area contributed by atoms with Crippen LogP contribution in [-0.4, -0.2) is 18.1 Å². The Labute approximate surface area is 97.2 Å². The van der Waals surface area contributed by atoms with Crippen LogP contribution in [0.1, 0.15) is 31.9 Å². The first-order chi connectivity index (χ1) is 7.74. The minimum atomic E-state index is 0.545. The molecule has 0 spiro atoms. The SMILES string of the molecule is CCC(Nc1nc(C)ccc1OC)C1CC1. The zero-order valence-electron chi connectivity index (χ0n) is 10.3. The van der Waals surface area contributed by atoms with Crippen LogP contribution in [0.3, 0.4) is 0 Å². The first-order valence-corrected chi connectivity index (χ1v) is 6.02. The molecule has 1 aliphatic rings. The maximum absolute atomic E-state index is 5.32. The molecule has 1 heterocycles. The second-order valence-electron chi connectivity index (χ2n) is 4.50. The van der Waals surface area contributed by atoms with Crippen molar-refractivity contribution in [2.24, 2.45) is 5.92 Å². The number of anilines is 1. The number of pyridine rings is 1. The third-order valence-electron chi connectivity index (χ3n) is 3.17. The topological polar surface area (TPSA) is 34.2 Å². The number of hydrogen-bond acceptors (Lipinski definition) is 3. The summed E-state index contributed by atoms with van der Waals surface area (Å²) >= 11 is 0. The predicted octanol–water partition coefficient (Wildman–Crippen LogP) is 3.00. The smallest absolute Gasteiger partial charge is 0.169 e. The molecular formula is C13H20N2O. The minimum absolute atomic E-state index is 0.545. The Kier molecular flexibility index (Phi) is 3.32. The molecule has 0 aromatic carbocycles. The minimum Gasteiger partial charge on any atom is -0.493 e. The summed E-state index contributed by atoms with van der Waals surface area (Å²) in [6.45, 7) is 4.22. The van der Waals surface area contributed by atoms with Crippen molar-refractivity contribution in [3.63, 3.8) is 0 Å². The first kappa shape index (κ1) is 11.2. The van der Waals surface area contributed by atoms with E-state index in [0.29, 0.717) is 6.04 Å². The highest BCUT2D eigenvalue weighted by atomic mass is 16.5. The molecule has 1 atom stereocenters. The molecule has 0 aliphatic heterocycles. The Morgan fingerprint density at radius 3 is 2.81 bits per heavy atom. The highest BCUT2D eigenvalue weighted by molar-refractivity contribution is 5.51. The number of aryl methyl sites for hydroxylation is 1. The van der Waals surface area contributed by atoms with Crippen molar-refractivity contribution >= 4 is 5.82 Å². The van der Waals surface area contributed by atoms with Crippen LogP contribution in [-0.2, 0) is 0 Å². The zero-order valence-corrected chi connectivity index (χ0v) is 10.3. The molecule has 0 saturated heterocycles. The molecule has 1 fully saturated rings. The van der Waals surface area contributed by atoms with E-state index in [9.17, 15) is 0 Å². The summed E-state index contributed by atoms with van der Waals surface area (Å²) in [6.07, 6.45) is 3.84. The van der Waals surface area contributed by atoms with Gasteiger partial charge < -0.3 is 10.1 Å². The van der Waals surface area contributed by atoms with Crippen molar-refractivity contribution in [3.05, 3.63) is 17.8 Å². The molecule has 1 N–H and O–H groups in total. The van der Waals surface area contributed by atoms with Crippen molar-refractivity contribution in [1.29, 1.82) is 0 Å². The molecule has 1 aromatic heterocycles. The summed E-state index contributed by atoms with van der Waals surface area (Å²) < 4.78 is 5.32. The van der Waals surface area contributed by atoms with Crippen molar-refractivity contribution in [3.8, 4) is 5.75 Å². The van der Waals surface area contributed by atoms with E-state index in [1.54, 1.807) is 7.11 Å². The number of aromatic nitrogens is 1. The van der Waals surface area contributed by atoms with Crippen molar-refractivity contribution < 1.29 is 4.74 Å². The number of nitrogens with one attached hydrogen (secondary N) is 1. The Morgan fingerprint density at radius 2 is 2.25 bits per heavy atom. The van der Waals surface area contributed by atoms with Crippen LogP contribution in [0.4, 0.5) is 5.82 Å². The summed E-state index contributed by atoms with van der Waals surface area (Å²) in [5, 5.41) is 3.51. The molecule has 1 aromatic rings. The van der Waals surface area contributed by atoms with E-state index in [1.165, 1.54) is 12.8 Å². The van der Waals surface area contributed by atoms with Gasteiger partial charge in [0.25, 0.3) is 0 Å². The lowest BCUT2D eigenvalue weighted by atomic mass is 10.1. The molecule has 0 radical (unpaired) electrons. The van der Waals surface area contributed by atoms with Crippen LogP contribution < -0.4 is 10.1 Å². The van der Waals surface area contributed by atoms with Gasteiger partial charge in [-0.15, -0.1) is 0 Å². The van der Waals surface area contributed by atoms with E-state index in [0.717, 1.165) is 29.6 Å². The zero-order chi connectivity index (χ0) is 11.5. The molecule has 1 saturated carbocycles. The van der Waals surface area contributed by atoms with E-state index >= 15 is 0 Å². The molecule has 0 bridgehead atoms. The van der Waals surface area contributed by atoms with Crippen molar-refractivity contribution in [2.45, 2.75) is 39.2 Å². The van der Waals surface area contributed by atoms with Gasteiger partial charge in [-0.2, -0.15) is 0 Å². The van der Waals surface area contributed by atoms with Gasteiger partial charge in [-0.25, -0.2) is 4.98 Å². The number of rotatable bonds is 5. The molecule has 88 valence electrons. The van der Waals surface area contributed by atoms with Gasteiger partial charge >= 0.3 is 0 Å². The number of ether oxygens (including phenoxy) is 1. The monoisotopic (exact) mass is 220 g/mol. The van der Waals surface area contributed by atoms with Crippen molar-refractivity contribution in [1.82, 2.24) is 4.98 Å². The lowest BCUT2D eigenvalue weighted by Crippen LogP contribution is -2.21. The molecular weight excluding hydrogens is 200 g/mol. The molecule has 3 heteroatoms. The van der Waals surface area contributed by atoms with Crippen LogP contribution >= 0.6 is 0 Å². The molecule has 2 rings (SSSR count). The fourth-order valence-corrected chi connectivity index (χ4v) is 2.04. The van der Waals surface area contributed by atoms with Crippen LogP contribution in [0.5, 0.6) is 5.75 Å². The van der Waals surface area contributed by atoms with Crippen molar-refractivity contribution in [2.75, 3.05) is 12.4 Å². The Morgan fingerprint density at radius 1 is 1.50 bits per heavy atom. The molecule has 0 amide bonds. The maximum Gasteiger partial charge on any atom is 0.169 e. The molecule has 1 aliphatic carbocycles. The Bertz CT molecular complexity index is 361. The summed E-state index contributed by atoms with van der Waals surface area (Å²) in [7, 11) is 1.69. The number of nitrogens with zero attached hydrogens (tertiary/aromatic N) is 1. The fraction of sp³-hybridized carbons (Fsp3) is 0.615. The summed E-state index contributed by atoms with van der Waals surface area (Å²) in [5.74, 6) is 2.56. The third kappa shape index (κ3) is 2.46. The Hall–Kier alpha value is -1.25. The second-order valence-corrected chi connectivity index (χ2v) is 4.50. The highest BCUT2D eigenvalue weighted by Gasteiger charge is 2.30. The van der Waals surface area contributed by atoms with Gasteiger partial charge in [-0.3, -0.25) is 0 Å². The summed E-state index contributed by atoms with van der Waals surface area (Å²) in [4.78, 5) is 4.51. The van der Waals surface area contributed by atoms with Crippen LogP contribution in [0.15, 0.2) is 12.1 Å². The third-order valence-corrected chi connectivity index (χ3v) is 3.17. The number of hydrogen-bond donors (Lipinski definition) is 1. The van der Waals surface area contributed by atoms with Gasteiger partial charge in [0.15, 0.2) is 11.6 Å². The second kappa shape index (κ2) is 4.73. The molecule has 16 heavy (non-hydrogen) atoms. The normalized spacial score (nSPS) is 16.9. The fourth-order valence-electron chi connectivity index (χ4n) is 2.04. The van der Waals surface area contributed by atoms with Crippen LogP contribution in [0, 0.1) is 12.8 Å². The number of methoxy groups -OCH3 is 1. The quantitative estimate of drug-likeness (QED) is 0.828. The van der Waals surface area contributed by atoms with E-state index in [-0.39, 0.29) is 0 Å². The average Bonchev–Trinajstić information content (AvgIpc) is 3.10. The molecule has 3 nitrogen and oxygen atoms in total. The van der Waals surface area contributed by atoms with Gasteiger partial charge in [0.2, 0.25) is 0 Å². The van der Waals surface area contributed by atoms with E-state index < -0.39 is 0 Å². The average molecular weight is 220 g/mol. The standard InChI is InChI=1S/C13H20N2O/c1-4-11(10-6-7-10)15-13-12(16-3)8-5-9(2)14-13/h5,8,10-11H,4,6-7H2,1-3H3,(H,14,15). The Balaban J connectivity index is 2.14. The van der Waals surface area contributed by atoms with Gasteiger partial charge in [0.05, 0.1) is 7.11 Å². The lowest BCUT2D eigenvalue weighted by molar-refractivity contribution is 0.413. The largest absolute Gasteiger partial charge is 0.493 e. The van der Waals surface area contributed by atoms with Gasteiger partial charge in [-0.05, 0) is 44.2 Å². The van der Waals surface area contributed by atoms with E-state index in [1.807, 2.05) is 19.1 Å². The summed E-state index contributed by atoms with van der Waals surface area (Å²) in [6, 6.07) is 4.50. The highest BCUT2D eigenvalue weighted by Crippen LogP contribution is 2.36. The maximum atomic E-state index is 5.32. The first-order valence-electron chi connectivity index (χ1n) is 6.02. The summed E-state index contributed by atoms with van der Waals surface area (Å²) in [5.41, 5.74) is 1.02. The van der Waals surface area contributed by atoms with Crippen LogP contribution in [0.25, 0.3) is 0 Å².